The molecule has 0 spiro atoms. The van der Waals surface area contributed by atoms with Crippen LogP contribution in [0, 0.1) is 0 Å². The van der Waals surface area contributed by atoms with Crippen molar-refractivity contribution in [1.82, 2.24) is 0 Å². The van der Waals surface area contributed by atoms with Gasteiger partial charge in [0, 0.05) is 22.2 Å². The molecule has 2 rings (SSSR count). The van der Waals surface area contributed by atoms with Crippen LogP contribution in [0.25, 0.3) is 0 Å². The monoisotopic (exact) mass is 246 g/mol. The summed E-state index contributed by atoms with van der Waals surface area (Å²) in [5, 5.41) is 11.5. The Kier molecular flexibility index (Phi) is 3.21. The van der Waals surface area contributed by atoms with E-state index in [0.717, 1.165) is 6.42 Å². The minimum Gasteiger partial charge on any atom is -0.383 e. The molecule has 1 unspecified atom stereocenters. The number of rotatable bonds is 1. The summed E-state index contributed by atoms with van der Waals surface area (Å²) in [4.78, 5) is 0. The number of halogens is 2. The lowest BCUT2D eigenvalue weighted by molar-refractivity contribution is -0.0902. The number of ether oxygens (including phenoxy) is 1. The highest BCUT2D eigenvalue weighted by Gasteiger charge is 2.34. The van der Waals surface area contributed by atoms with Crippen molar-refractivity contribution in [1.29, 1.82) is 0 Å². The van der Waals surface area contributed by atoms with Gasteiger partial charge in [-0.15, -0.1) is 0 Å². The van der Waals surface area contributed by atoms with Gasteiger partial charge in [0.15, 0.2) is 0 Å². The van der Waals surface area contributed by atoms with Gasteiger partial charge in [-0.1, -0.05) is 23.2 Å². The van der Waals surface area contributed by atoms with E-state index >= 15 is 0 Å². The minimum absolute atomic E-state index is 0.285. The van der Waals surface area contributed by atoms with Crippen LogP contribution in [0.2, 0.25) is 10.0 Å². The first kappa shape index (κ1) is 11.2. The van der Waals surface area contributed by atoms with E-state index in [-0.39, 0.29) is 6.61 Å². The summed E-state index contributed by atoms with van der Waals surface area (Å²) < 4.78 is 5.28. The first-order valence-corrected chi connectivity index (χ1v) is 5.63. The Morgan fingerprint density at radius 2 is 2.13 bits per heavy atom. The molecular weight excluding hydrogens is 235 g/mol. The number of hydrogen-bond donors (Lipinski definition) is 1. The topological polar surface area (TPSA) is 29.5 Å². The van der Waals surface area contributed by atoms with E-state index in [2.05, 4.69) is 0 Å². The van der Waals surface area contributed by atoms with Crippen molar-refractivity contribution in [3.63, 3.8) is 0 Å². The van der Waals surface area contributed by atoms with Crippen molar-refractivity contribution >= 4 is 23.2 Å². The average Bonchev–Trinajstić information content (AvgIpc) is 2.23. The third-order valence-electron chi connectivity index (χ3n) is 2.65. The molecular formula is C11H12Cl2O2. The fourth-order valence-electron chi connectivity index (χ4n) is 1.85. The summed E-state index contributed by atoms with van der Waals surface area (Å²) in [6.07, 6.45) is 1.49. The summed E-state index contributed by atoms with van der Waals surface area (Å²) in [7, 11) is 0. The number of aliphatic hydroxyl groups is 1. The second-order valence-electron chi connectivity index (χ2n) is 3.81. The maximum atomic E-state index is 10.4. The van der Waals surface area contributed by atoms with E-state index in [1.807, 2.05) is 0 Å². The van der Waals surface area contributed by atoms with Gasteiger partial charge in [0.05, 0.1) is 6.61 Å². The third-order valence-corrected chi connectivity index (χ3v) is 3.21. The van der Waals surface area contributed by atoms with Gasteiger partial charge < -0.3 is 9.84 Å². The van der Waals surface area contributed by atoms with Gasteiger partial charge in [-0.25, -0.2) is 0 Å². The van der Waals surface area contributed by atoms with Crippen LogP contribution in [-0.4, -0.2) is 18.3 Å². The summed E-state index contributed by atoms with van der Waals surface area (Å²) in [5.74, 6) is 0. The van der Waals surface area contributed by atoms with E-state index in [0.29, 0.717) is 28.6 Å². The molecule has 1 aliphatic heterocycles. The fourth-order valence-corrected chi connectivity index (χ4v) is 2.31. The molecule has 15 heavy (non-hydrogen) atoms. The third kappa shape index (κ3) is 2.28. The van der Waals surface area contributed by atoms with Crippen molar-refractivity contribution in [2.24, 2.45) is 0 Å². The lowest BCUT2D eigenvalue weighted by Gasteiger charge is -2.33. The lowest BCUT2D eigenvalue weighted by atomic mass is 9.88. The zero-order valence-electron chi connectivity index (χ0n) is 8.17. The van der Waals surface area contributed by atoms with Crippen molar-refractivity contribution in [3.05, 3.63) is 33.8 Å². The lowest BCUT2D eigenvalue weighted by Crippen LogP contribution is -2.36. The van der Waals surface area contributed by atoms with Crippen LogP contribution < -0.4 is 0 Å². The molecule has 0 saturated carbocycles. The van der Waals surface area contributed by atoms with Crippen LogP contribution in [0.4, 0.5) is 0 Å². The van der Waals surface area contributed by atoms with Gasteiger partial charge in [0.25, 0.3) is 0 Å². The highest BCUT2D eigenvalue weighted by atomic mass is 35.5. The maximum Gasteiger partial charge on any atom is 0.114 e. The van der Waals surface area contributed by atoms with Gasteiger partial charge in [-0.2, -0.15) is 0 Å². The normalized spacial score (nSPS) is 26.6. The molecule has 1 saturated heterocycles. The molecule has 0 bridgehead atoms. The molecule has 4 heteroatoms. The second-order valence-corrected chi connectivity index (χ2v) is 4.66. The molecule has 0 amide bonds. The summed E-state index contributed by atoms with van der Waals surface area (Å²) in [6, 6.07) is 5.12. The smallest absolute Gasteiger partial charge is 0.114 e. The SMILES string of the molecule is OC1(c2cc(Cl)ccc2Cl)CCCOC1. The zero-order chi connectivity index (χ0) is 10.9. The predicted octanol–water partition coefficient (Wildman–Crippen LogP) is 2.99. The molecule has 0 aromatic heterocycles. The molecule has 1 aromatic carbocycles. The number of hydrogen-bond acceptors (Lipinski definition) is 2. The molecule has 2 nitrogen and oxygen atoms in total. The Hall–Kier alpha value is -0.280. The van der Waals surface area contributed by atoms with Crippen molar-refractivity contribution < 1.29 is 9.84 Å². The predicted molar refractivity (Wildman–Crippen MR) is 60.4 cm³/mol. The van der Waals surface area contributed by atoms with Gasteiger partial charge in [0.1, 0.15) is 5.60 Å². The zero-order valence-corrected chi connectivity index (χ0v) is 9.68. The first-order valence-electron chi connectivity index (χ1n) is 4.87. The molecule has 82 valence electrons. The number of benzene rings is 1. The van der Waals surface area contributed by atoms with E-state index in [4.69, 9.17) is 27.9 Å². The van der Waals surface area contributed by atoms with Crippen LogP contribution >= 0.6 is 23.2 Å². The Morgan fingerprint density at radius 3 is 2.80 bits per heavy atom. The Balaban J connectivity index is 2.38. The minimum atomic E-state index is -0.986. The van der Waals surface area contributed by atoms with Crippen molar-refractivity contribution in [3.8, 4) is 0 Å². The molecule has 1 fully saturated rings. The van der Waals surface area contributed by atoms with E-state index in [1.165, 1.54) is 0 Å². The van der Waals surface area contributed by atoms with Gasteiger partial charge in [-0.05, 0) is 31.0 Å². The van der Waals surface area contributed by atoms with E-state index in [9.17, 15) is 5.11 Å². The summed E-state index contributed by atoms with van der Waals surface area (Å²) in [6.45, 7) is 0.980. The molecule has 0 radical (unpaired) electrons. The summed E-state index contributed by atoms with van der Waals surface area (Å²) in [5.41, 5.74) is -0.323. The largest absolute Gasteiger partial charge is 0.383 e. The highest BCUT2D eigenvalue weighted by Crippen LogP contribution is 2.36. The Bertz CT molecular complexity index is 360. The van der Waals surface area contributed by atoms with Crippen LogP contribution in [0.5, 0.6) is 0 Å². The Labute approximate surface area is 98.8 Å². The van der Waals surface area contributed by atoms with Gasteiger partial charge in [-0.3, -0.25) is 0 Å². The van der Waals surface area contributed by atoms with Crippen molar-refractivity contribution in [2.45, 2.75) is 18.4 Å². The summed E-state index contributed by atoms with van der Waals surface area (Å²) >= 11 is 11.9. The molecule has 1 aliphatic rings. The highest BCUT2D eigenvalue weighted by molar-refractivity contribution is 6.33. The Morgan fingerprint density at radius 1 is 1.33 bits per heavy atom. The maximum absolute atomic E-state index is 10.4. The van der Waals surface area contributed by atoms with E-state index < -0.39 is 5.60 Å². The fraction of sp³-hybridized carbons (Fsp3) is 0.455. The molecule has 1 N–H and O–H groups in total. The second kappa shape index (κ2) is 4.30. The molecule has 1 aromatic rings. The molecule has 0 aliphatic carbocycles. The van der Waals surface area contributed by atoms with E-state index in [1.54, 1.807) is 18.2 Å². The van der Waals surface area contributed by atoms with Crippen molar-refractivity contribution in [2.75, 3.05) is 13.2 Å². The molecule has 1 heterocycles. The standard InChI is InChI=1S/C11H12Cl2O2/c12-8-2-3-10(13)9(6-8)11(14)4-1-5-15-7-11/h2-3,6,14H,1,4-5,7H2. The first-order chi connectivity index (χ1) is 7.12. The molecule has 1 atom stereocenters. The van der Waals surface area contributed by atoms with Gasteiger partial charge in [0.2, 0.25) is 0 Å². The van der Waals surface area contributed by atoms with Crippen LogP contribution in [0.1, 0.15) is 18.4 Å². The van der Waals surface area contributed by atoms with Crippen LogP contribution in [0.15, 0.2) is 18.2 Å². The van der Waals surface area contributed by atoms with Crippen LogP contribution in [-0.2, 0) is 10.3 Å². The quantitative estimate of drug-likeness (QED) is 0.826. The van der Waals surface area contributed by atoms with Crippen LogP contribution in [0.3, 0.4) is 0 Å². The van der Waals surface area contributed by atoms with Gasteiger partial charge >= 0.3 is 0 Å². The average molecular weight is 247 g/mol.